The maximum absolute atomic E-state index is 12.1. The molecule has 0 atom stereocenters. The molecule has 110 valence electrons. The standard InChI is InChI=1S/C15H16N2O3S/c1-10-3-8-13(16)14(9-10)17-15(18)11-4-6-12(7-5-11)21(2,19)20/h3-9H,16H2,1-2H3,(H,17,18). The fourth-order valence-corrected chi connectivity index (χ4v) is 2.46. The van der Waals surface area contributed by atoms with E-state index in [9.17, 15) is 13.2 Å². The van der Waals surface area contributed by atoms with Gasteiger partial charge >= 0.3 is 0 Å². The van der Waals surface area contributed by atoms with Crippen LogP contribution in [0, 0.1) is 6.92 Å². The highest BCUT2D eigenvalue weighted by Crippen LogP contribution is 2.20. The van der Waals surface area contributed by atoms with Crippen molar-refractivity contribution in [2.24, 2.45) is 0 Å². The van der Waals surface area contributed by atoms with E-state index in [0.29, 0.717) is 16.9 Å². The molecule has 5 nitrogen and oxygen atoms in total. The molecule has 0 aromatic heterocycles. The van der Waals surface area contributed by atoms with E-state index < -0.39 is 9.84 Å². The summed E-state index contributed by atoms with van der Waals surface area (Å²) in [4.78, 5) is 12.3. The third kappa shape index (κ3) is 3.61. The van der Waals surface area contributed by atoms with E-state index in [1.165, 1.54) is 24.3 Å². The molecule has 0 saturated heterocycles. The average Bonchev–Trinajstić information content (AvgIpc) is 2.42. The van der Waals surface area contributed by atoms with Gasteiger partial charge in [0.05, 0.1) is 16.3 Å². The first-order valence-corrected chi connectivity index (χ1v) is 8.14. The van der Waals surface area contributed by atoms with Gasteiger partial charge in [0.15, 0.2) is 9.84 Å². The number of nitrogen functional groups attached to an aromatic ring is 1. The quantitative estimate of drug-likeness (QED) is 0.851. The lowest BCUT2D eigenvalue weighted by Gasteiger charge is -2.09. The van der Waals surface area contributed by atoms with E-state index >= 15 is 0 Å². The minimum Gasteiger partial charge on any atom is -0.397 e. The molecule has 3 N–H and O–H groups in total. The minimum atomic E-state index is -3.27. The van der Waals surface area contributed by atoms with Crippen LogP contribution in [0.1, 0.15) is 15.9 Å². The molecule has 1 amide bonds. The maximum atomic E-state index is 12.1. The molecule has 0 unspecified atom stereocenters. The first-order valence-electron chi connectivity index (χ1n) is 6.25. The predicted molar refractivity (Wildman–Crippen MR) is 83.1 cm³/mol. The van der Waals surface area contributed by atoms with Gasteiger partial charge in [0.1, 0.15) is 0 Å². The number of nitrogens with one attached hydrogen (secondary N) is 1. The zero-order valence-corrected chi connectivity index (χ0v) is 12.6. The van der Waals surface area contributed by atoms with Crippen molar-refractivity contribution in [3.8, 4) is 0 Å². The van der Waals surface area contributed by atoms with Crippen molar-refractivity contribution in [1.29, 1.82) is 0 Å². The van der Waals surface area contributed by atoms with Crippen molar-refractivity contribution in [2.75, 3.05) is 17.3 Å². The van der Waals surface area contributed by atoms with Crippen LogP contribution in [0.15, 0.2) is 47.4 Å². The lowest BCUT2D eigenvalue weighted by atomic mass is 10.1. The number of hydrogen-bond acceptors (Lipinski definition) is 4. The molecule has 0 aliphatic carbocycles. The third-order valence-corrected chi connectivity index (χ3v) is 4.13. The topological polar surface area (TPSA) is 89.3 Å². The SMILES string of the molecule is Cc1ccc(N)c(NC(=O)c2ccc(S(C)(=O)=O)cc2)c1. The number of anilines is 2. The van der Waals surface area contributed by atoms with Crippen LogP contribution in [0.25, 0.3) is 0 Å². The zero-order chi connectivity index (χ0) is 15.6. The highest BCUT2D eigenvalue weighted by Gasteiger charge is 2.11. The van der Waals surface area contributed by atoms with Crippen LogP contribution in [0.2, 0.25) is 0 Å². The summed E-state index contributed by atoms with van der Waals surface area (Å²) in [6.07, 6.45) is 1.12. The summed E-state index contributed by atoms with van der Waals surface area (Å²) in [6.45, 7) is 1.90. The molecular weight excluding hydrogens is 288 g/mol. The van der Waals surface area contributed by atoms with Gasteiger partial charge in [0.2, 0.25) is 0 Å². The van der Waals surface area contributed by atoms with E-state index in [-0.39, 0.29) is 10.8 Å². The van der Waals surface area contributed by atoms with Gasteiger partial charge in [-0.1, -0.05) is 6.07 Å². The van der Waals surface area contributed by atoms with Crippen LogP contribution in [-0.4, -0.2) is 20.6 Å². The Hall–Kier alpha value is -2.34. The number of benzene rings is 2. The number of amides is 1. The third-order valence-electron chi connectivity index (χ3n) is 3.00. The second kappa shape index (κ2) is 5.57. The van der Waals surface area contributed by atoms with Crippen LogP contribution in [0.3, 0.4) is 0 Å². The molecule has 2 aromatic rings. The number of rotatable bonds is 3. The van der Waals surface area contributed by atoms with Crippen molar-refractivity contribution in [3.63, 3.8) is 0 Å². The summed E-state index contributed by atoms with van der Waals surface area (Å²) in [5.74, 6) is -0.340. The Morgan fingerprint density at radius 3 is 2.29 bits per heavy atom. The molecule has 0 radical (unpaired) electrons. The summed E-state index contributed by atoms with van der Waals surface area (Å²) in [6, 6.07) is 11.1. The summed E-state index contributed by atoms with van der Waals surface area (Å²) >= 11 is 0. The Bertz CT molecular complexity index is 781. The highest BCUT2D eigenvalue weighted by atomic mass is 32.2. The molecule has 2 aromatic carbocycles. The predicted octanol–water partition coefficient (Wildman–Crippen LogP) is 2.23. The van der Waals surface area contributed by atoms with Crippen molar-refractivity contribution >= 4 is 27.1 Å². The Balaban J connectivity index is 2.23. The second-order valence-corrected chi connectivity index (χ2v) is 6.86. The number of carbonyl (C=O) groups excluding carboxylic acids is 1. The van der Waals surface area contributed by atoms with E-state index in [2.05, 4.69) is 5.32 Å². The lowest BCUT2D eigenvalue weighted by molar-refractivity contribution is 0.102. The van der Waals surface area contributed by atoms with Gasteiger partial charge < -0.3 is 11.1 Å². The largest absolute Gasteiger partial charge is 0.397 e. The summed E-state index contributed by atoms with van der Waals surface area (Å²) in [5.41, 5.74) is 8.15. The molecule has 0 spiro atoms. The molecule has 2 rings (SSSR count). The smallest absolute Gasteiger partial charge is 0.255 e. The number of hydrogen-bond donors (Lipinski definition) is 2. The van der Waals surface area contributed by atoms with E-state index in [0.717, 1.165) is 11.8 Å². The van der Waals surface area contributed by atoms with Gasteiger partial charge in [-0.3, -0.25) is 4.79 Å². The van der Waals surface area contributed by atoms with Crippen LogP contribution in [0.4, 0.5) is 11.4 Å². The monoisotopic (exact) mass is 304 g/mol. The Morgan fingerprint density at radius 2 is 1.71 bits per heavy atom. The highest BCUT2D eigenvalue weighted by molar-refractivity contribution is 7.90. The molecule has 0 bridgehead atoms. The zero-order valence-electron chi connectivity index (χ0n) is 11.8. The minimum absolute atomic E-state index is 0.175. The number of aryl methyl sites for hydroxylation is 1. The van der Waals surface area contributed by atoms with Gasteiger partial charge in [0, 0.05) is 11.8 Å². The van der Waals surface area contributed by atoms with Crippen LogP contribution < -0.4 is 11.1 Å². The Morgan fingerprint density at radius 1 is 1.10 bits per heavy atom. The molecule has 0 aliphatic heterocycles. The van der Waals surface area contributed by atoms with Crippen molar-refractivity contribution < 1.29 is 13.2 Å². The molecule has 0 aliphatic rings. The first kappa shape index (κ1) is 15.1. The lowest BCUT2D eigenvalue weighted by Crippen LogP contribution is -2.13. The maximum Gasteiger partial charge on any atom is 0.255 e. The first-order chi connectivity index (χ1) is 9.77. The molecular formula is C15H16N2O3S. The van der Waals surface area contributed by atoms with Gasteiger partial charge in [0.25, 0.3) is 5.91 Å². The van der Waals surface area contributed by atoms with E-state index in [1.54, 1.807) is 12.1 Å². The second-order valence-electron chi connectivity index (χ2n) is 4.84. The molecule has 0 heterocycles. The van der Waals surface area contributed by atoms with Gasteiger partial charge in [-0.2, -0.15) is 0 Å². The van der Waals surface area contributed by atoms with Crippen molar-refractivity contribution in [1.82, 2.24) is 0 Å². The van der Waals surface area contributed by atoms with E-state index in [4.69, 9.17) is 5.73 Å². The fourth-order valence-electron chi connectivity index (χ4n) is 1.83. The van der Waals surface area contributed by atoms with Crippen LogP contribution in [-0.2, 0) is 9.84 Å². The average molecular weight is 304 g/mol. The fraction of sp³-hybridized carbons (Fsp3) is 0.133. The Labute approximate surface area is 123 Å². The van der Waals surface area contributed by atoms with Crippen molar-refractivity contribution in [3.05, 3.63) is 53.6 Å². The molecule has 0 saturated carbocycles. The van der Waals surface area contributed by atoms with Crippen LogP contribution >= 0.6 is 0 Å². The van der Waals surface area contributed by atoms with E-state index in [1.807, 2.05) is 13.0 Å². The summed E-state index contributed by atoms with van der Waals surface area (Å²) in [7, 11) is -3.27. The number of nitrogens with two attached hydrogens (primary N) is 1. The molecule has 0 fully saturated rings. The van der Waals surface area contributed by atoms with Gasteiger partial charge in [-0.15, -0.1) is 0 Å². The van der Waals surface area contributed by atoms with Gasteiger partial charge in [-0.05, 0) is 48.9 Å². The molecule has 21 heavy (non-hydrogen) atoms. The normalized spacial score (nSPS) is 11.1. The Kier molecular flexibility index (Phi) is 3.99. The van der Waals surface area contributed by atoms with Crippen LogP contribution in [0.5, 0.6) is 0 Å². The number of sulfone groups is 1. The summed E-state index contributed by atoms with van der Waals surface area (Å²) in [5, 5.41) is 2.71. The molecule has 6 heteroatoms. The van der Waals surface area contributed by atoms with Gasteiger partial charge in [-0.25, -0.2) is 8.42 Å². The number of carbonyl (C=O) groups is 1. The van der Waals surface area contributed by atoms with Crippen molar-refractivity contribution in [2.45, 2.75) is 11.8 Å². The summed E-state index contributed by atoms with van der Waals surface area (Å²) < 4.78 is 22.7.